The Labute approximate surface area is 134 Å². The number of carbonyl (C=O) groups is 1. The van der Waals surface area contributed by atoms with Gasteiger partial charge in [0.05, 0.1) is 11.6 Å². The van der Waals surface area contributed by atoms with E-state index in [1.165, 1.54) is 0 Å². The molecule has 1 aromatic rings. The highest BCUT2D eigenvalue weighted by molar-refractivity contribution is 6.30. The van der Waals surface area contributed by atoms with Crippen molar-refractivity contribution < 1.29 is 18.0 Å². The predicted molar refractivity (Wildman–Crippen MR) is 75.6 cm³/mol. The van der Waals surface area contributed by atoms with Gasteiger partial charge in [0.2, 0.25) is 5.91 Å². The Morgan fingerprint density at radius 2 is 2.13 bits per heavy atom. The summed E-state index contributed by atoms with van der Waals surface area (Å²) in [5, 5.41) is 11.0. The van der Waals surface area contributed by atoms with Crippen molar-refractivity contribution >= 4 is 17.5 Å². The molecule has 2 rings (SSSR count). The lowest BCUT2D eigenvalue weighted by Crippen LogP contribution is -2.48. The first kappa shape index (κ1) is 17.3. The number of aromatic nitrogens is 1. The Morgan fingerprint density at radius 1 is 1.52 bits per heavy atom. The summed E-state index contributed by atoms with van der Waals surface area (Å²) in [4.78, 5) is 23.8. The molecular formula is C14H13ClF3N3O2. The van der Waals surface area contributed by atoms with Crippen molar-refractivity contribution in [1.29, 1.82) is 5.26 Å². The second-order valence-corrected chi connectivity index (χ2v) is 6.05. The maximum atomic E-state index is 12.7. The van der Waals surface area contributed by atoms with Gasteiger partial charge in [-0.1, -0.05) is 11.6 Å². The third kappa shape index (κ3) is 3.85. The number of hydrogen-bond acceptors (Lipinski definition) is 3. The van der Waals surface area contributed by atoms with Crippen LogP contribution in [0, 0.1) is 17.2 Å². The molecule has 1 fully saturated rings. The van der Waals surface area contributed by atoms with Crippen LogP contribution in [0.1, 0.15) is 25.3 Å². The van der Waals surface area contributed by atoms with Crippen molar-refractivity contribution in [2.45, 2.75) is 38.0 Å². The number of alkyl halides is 3. The first-order valence-electron chi connectivity index (χ1n) is 6.76. The van der Waals surface area contributed by atoms with Gasteiger partial charge in [0, 0.05) is 6.20 Å². The van der Waals surface area contributed by atoms with Gasteiger partial charge in [-0.2, -0.15) is 18.4 Å². The molecule has 0 aromatic carbocycles. The summed E-state index contributed by atoms with van der Waals surface area (Å²) < 4.78 is 38.8. The van der Waals surface area contributed by atoms with Gasteiger partial charge < -0.3 is 9.88 Å². The Hall–Kier alpha value is -2.01. The van der Waals surface area contributed by atoms with Gasteiger partial charge in [0.15, 0.2) is 0 Å². The summed E-state index contributed by atoms with van der Waals surface area (Å²) >= 11 is 5.51. The van der Waals surface area contributed by atoms with Crippen LogP contribution in [0.25, 0.3) is 0 Å². The molecule has 0 spiro atoms. The highest BCUT2D eigenvalue weighted by Gasteiger charge is 2.43. The molecule has 1 aliphatic rings. The monoisotopic (exact) mass is 347 g/mol. The van der Waals surface area contributed by atoms with Crippen LogP contribution in [0.5, 0.6) is 0 Å². The van der Waals surface area contributed by atoms with E-state index < -0.39 is 40.3 Å². The lowest BCUT2D eigenvalue weighted by atomic mass is 9.98. The molecule has 0 saturated heterocycles. The normalized spacial score (nSPS) is 17.2. The zero-order valence-corrected chi connectivity index (χ0v) is 12.8. The van der Waals surface area contributed by atoms with E-state index >= 15 is 0 Å². The number of nitrogens with one attached hydrogen (secondary N) is 1. The second kappa shape index (κ2) is 5.89. The minimum atomic E-state index is -4.69. The lowest BCUT2D eigenvalue weighted by molar-refractivity contribution is -0.138. The van der Waals surface area contributed by atoms with Crippen LogP contribution in [0.15, 0.2) is 17.1 Å². The number of nitrogens with zero attached hydrogens (tertiary/aromatic N) is 2. The third-order valence-corrected chi connectivity index (χ3v) is 3.98. The maximum absolute atomic E-state index is 12.7. The molecule has 1 aromatic heterocycles. The number of hydrogen-bond donors (Lipinski definition) is 1. The summed E-state index contributed by atoms with van der Waals surface area (Å²) in [5.74, 6) is -0.711. The third-order valence-electron chi connectivity index (χ3n) is 3.71. The SMILES string of the molecule is C[C@@](C#N)(NC(=O)Cn1cc(C(F)(F)F)cc(Cl)c1=O)C1CC1. The molecule has 1 aliphatic carbocycles. The fourth-order valence-electron chi connectivity index (χ4n) is 2.24. The smallest absolute Gasteiger partial charge is 0.336 e. The van der Waals surface area contributed by atoms with E-state index in [1.807, 2.05) is 6.07 Å². The van der Waals surface area contributed by atoms with Crippen LogP contribution in [0.4, 0.5) is 13.2 Å². The van der Waals surface area contributed by atoms with Gasteiger partial charge in [-0.15, -0.1) is 0 Å². The lowest BCUT2D eigenvalue weighted by Gasteiger charge is -2.23. The fraction of sp³-hybridized carbons (Fsp3) is 0.500. The first-order chi connectivity index (χ1) is 10.6. The molecule has 23 heavy (non-hydrogen) atoms. The first-order valence-corrected chi connectivity index (χ1v) is 7.14. The number of nitriles is 1. The number of amides is 1. The van der Waals surface area contributed by atoms with E-state index in [4.69, 9.17) is 16.9 Å². The van der Waals surface area contributed by atoms with E-state index in [-0.39, 0.29) is 5.92 Å². The Kier molecular flexibility index (Phi) is 4.44. The Morgan fingerprint density at radius 3 is 2.61 bits per heavy atom. The number of rotatable bonds is 4. The molecular weight excluding hydrogens is 335 g/mol. The minimum Gasteiger partial charge on any atom is -0.336 e. The quantitative estimate of drug-likeness (QED) is 0.908. The molecule has 0 unspecified atom stereocenters. The minimum absolute atomic E-state index is 0.0123. The zero-order valence-electron chi connectivity index (χ0n) is 12.1. The maximum Gasteiger partial charge on any atom is 0.417 e. The highest BCUT2D eigenvalue weighted by Crippen LogP contribution is 2.39. The predicted octanol–water partition coefficient (Wildman–Crippen LogP) is 2.33. The summed E-state index contributed by atoms with van der Waals surface area (Å²) in [6.07, 6.45) is -2.57. The van der Waals surface area contributed by atoms with E-state index in [0.717, 1.165) is 12.8 Å². The van der Waals surface area contributed by atoms with E-state index in [9.17, 15) is 22.8 Å². The molecule has 0 radical (unpaired) electrons. The van der Waals surface area contributed by atoms with Crippen LogP contribution in [-0.2, 0) is 17.5 Å². The zero-order chi connectivity index (χ0) is 17.4. The molecule has 1 heterocycles. The van der Waals surface area contributed by atoms with Crippen molar-refractivity contribution in [1.82, 2.24) is 9.88 Å². The molecule has 1 amide bonds. The van der Waals surface area contributed by atoms with Crippen LogP contribution < -0.4 is 10.9 Å². The fourth-order valence-corrected chi connectivity index (χ4v) is 2.46. The van der Waals surface area contributed by atoms with Crippen LogP contribution in [0.3, 0.4) is 0 Å². The highest BCUT2D eigenvalue weighted by atomic mass is 35.5. The van der Waals surface area contributed by atoms with Crippen LogP contribution >= 0.6 is 11.6 Å². The van der Waals surface area contributed by atoms with Gasteiger partial charge in [0.1, 0.15) is 17.1 Å². The number of carbonyl (C=O) groups excluding carboxylic acids is 1. The number of pyridine rings is 1. The van der Waals surface area contributed by atoms with Crippen molar-refractivity contribution in [3.63, 3.8) is 0 Å². The molecule has 1 atom stereocenters. The molecule has 0 bridgehead atoms. The molecule has 0 aliphatic heterocycles. The van der Waals surface area contributed by atoms with Crippen molar-refractivity contribution in [3.8, 4) is 6.07 Å². The molecule has 5 nitrogen and oxygen atoms in total. The average molecular weight is 348 g/mol. The summed E-state index contributed by atoms with van der Waals surface area (Å²) in [7, 11) is 0. The van der Waals surface area contributed by atoms with E-state index in [2.05, 4.69) is 5.32 Å². The average Bonchev–Trinajstić information content (AvgIpc) is 3.27. The Bertz CT molecular complexity index is 734. The van der Waals surface area contributed by atoms with Gasteiger partial charge in [0.25, 0.3) is 5.56 Å². The topological polar surface area (TPSA) is 74.9 Å². The number of halogens is 4. The van der Waals surface area contributed by atoms with E-state index in [1.54, 1.807) is 6.92 Å². The summed E-state index contributed by atoms with van der Waals surface area (Å²) in [5.41, 5.74) is -3.12. The van der Waals surface area contributed by atoms with Crippen molar-refractivity contribution in [2.24, 2.45) is 5.92 Å². The second-order valence-electron chi connectivity index (χ2n) is 5.64. The Balaban J connectivity index is 2.23. The van der Waals surface area contributed by atoms with Crippen LogP contribution in [0.2, 0.25) is 5.02 Å². The van der Waals surface area contributed by atoms with Gasteiger partial charge in [-0.05, 0) is 31.7 Å². The largest absolute Gasteiger partial charge is 0.417 e. The van der Waals surface area contributed by atoms with Gasteiger partial charge >= 0.3 is 6.18 Å². The summed E-state index contributed by atoms with van der Waals surface area (Å²) in [6, 6.07) is 2.51. The van der Waals surface area contributed by atoms with E-state index in [0.29, 0.717) is 16.8 Å². The standard InChI is InChI=1S/C14H13ClF3N3O2/c1-13(7-19,8-2-3-8)20-11(22)6-21-5-9(14(16,17)18)4-10(15)12(21)23/h4-5,8H,2-3,6H2,1H3,(H,20,22)/t13-/m0/s1. The van der Waals surface area contributed by atoms with Crippen molar-refractivity contribution in [3.05, 3.63) is 33.2 Å². The molecule has 1 saturated carbocycles. The molecule has 1 N–H and O–H groups in total. The summed E-state index contributed by atoms with van der Waals surface area (Å²) in [6.45, 7) is 0.900. The van der Waals surface area contributed by atoms with Crippen LogP contribution in [-0.4, -0.2) is 16.0 Å². The van der Waals surface area contributed by atoms with Gasteiger partial charge in [-0.25, -0.2) is 0 Å². The molecule has 9 heteroatoms. The molecule has 124 valence electrons. The van der Waals surface area contributed by atoms with Gasteiger partial charge in [-0.3, -0.25) is 9.59 Å². The van der Waals surface area contributed by atoms with Crippen molar-refractivity contribution in [2.75, 3.05) is 0 Å².